The summed E-state index contributed by atoms with van der Waals surface area (Å²) in [6.07, 6.45) is 0. The third kappa shape index (κ3) is 4.50. The average molecular weight is 280 g/mol. The lowest BCUT2D eigenvalue weighted by molar-refractivity contribution is 0.0368. The van der Waals surface area contributed by atoms with Crippen molar-refractivity contribution in [2.75, 3.05) is 55.8 Å². The molecule has 4 N–H and O–H groups in total. The van der Waals surface area contributed by atoms with Crippen molar-refractivity contribution >= 4 is 17.6 Å². The van der Waals surface area contributed by atoms with Gasteiger partial charge in [0.2, 0.25) is 5.95 Å². The van der Waals surface area contributed by atoms with Crippen molar-refractivity contribution in [2.45, 2.75) is 19.9 Å². The van der Waals surface area contributed by atoms with Crippen LogP contribution in [0.4, 0.5) is 17.6 Å². The Kier molecular flexibility index (Phi) is 5.37. The number of nitrogen functional groups attached to an aromatic ring is 1. The minimum Gasteiger partial charge on any atom is -0.379 e. The van der Waals surface area contributed by atoms with Crippen LogP contribution in [0.2, 0.25) is 0 Å². The molecule has 0 amide bonds. The van der Waals surface area contributed by atoms with Gasteiger partial charge in [0.1, 0.15) is 11.6 Å². The molecule has 2 rings (SSSR count). The standard InChI is InChI=1S/C13H24N6O/c1-3-15-11-8-12(18-13(14)17-11)16-10(2)9-19-4-6-20-7-5-19/h8,10H,3-7,9H2,1-2H3,(H4,14,15,16,17,18). The number of hydrogen-bond donors (Lipinski definition) is 3. The number of ether oxygens (including phenoxy) is 1. The molecule has 0 aliphatic carbocycles. The van der Waals surface area contributed by atoms with Gasteiger partial charge >= 0.3 is 0 Å². The Bertz CT molecular complexity index is 421. The molecule has 1 aromatic heterocycles. The molecule has 7 heteroatoms. The molecule has 0 aromatic carbocycles. The van der Waals surface area contributed by atoms with Crippen LogP contribution in [0.15, 0.2) is 6.07 Å². The summed E-state index contributed by atoms with van der Waals surface area (Å²) in [6.45, 7) is 9.53. The Labute approximate surface area is 119 Å². The molecule has 0 spiro atoms. The third-order valence-electron chi connectivity index (χ3n) is 3.13. The lowest BCUT2D eigenvalue weighted by Gasteiger charge is -2.29. The zero-order valence-electron chi connectivity index (χ0n) is 12.2. The van der Waals surface area contributed by atoms with Crippen LogP contribution < -0.4 is 16.4 Å². The maximum absolute atomic E-state index is 5.72. The van der Waals surface area contributed by atoms with Crippen LogP contribution in [0.1, 0.15) is 13.8 Å². The van der Waals surface area contributed by atoms with Crippen molar-refractivity contribution in [3.63, 3.8) is 0 Å². The highest BCUT2D eigenvalue weighted by atomic mass is 16.5. The zero-order chi connectivity index (χ0) is 14.4. The number of morpholine rings is 1. The number of rotatable bonds is 6. The summed E-state index contributed by atoms with van der Waals surface area (Å²) < 4.78 is 5.35. The van der Waals surface area contributed by atoms with Gasteiger partial charge in [-0.2, -0.15) is 9.97 Å². The second-order valence-electron chi connectivity index (χ2n) is 4.99. The Hall–Kier alpha value is -1.60. The van der Waals surface area contributed by atoms with Crippen LogP contribution >= 0.6 is 0 Å². The fourth-order valence-corrected chi connectivity index (χ4v) is 2.28. The van der Waals surface area contributed by atoms with Gasteiger partial charge in [-0.3, -0.25) is 4.90 Å². The van der Waals surface area contributed by atoms with Gasteiger partial charge in [-0.1, -0.05) is 0 Å². The van der Waals surface area contributed by atoms with Crippen molar-refractivity contribution in [3.05, 3.63) is 6.07 Å². The van der Waals surface area contributed by atoms with Gasteiger partial charge in [-0.15, -0.1) is 0 Å². The molecule has 0 saturated carbocycles. The van der Waals surface area contributed by atoms with Gasteiger partial charge in [0.05, 0.1) is 13.2 Å². The van der Waals surface area contributed by atoms with Gasteiger partial charge in [-0.05, 0) is 13.8 Å². The molecular weight excluding hydrogens is 256 g/mol. The summed E-state index contributed by atoms with van der Waals surface area (Å²) in [5, 5.41) is 6.52. The number of nitrogens with one attached hydrogen (secondary N) is 2. The Morgan fingerprint density at radius 2 is 2.05 bits per heavy atom. The maximum atomic E-state index is 5.72. The van der Waals surface area contributed by atoms with Crippen LogP contribution in [0.25, 0.3) is 0 Å². The molecule has 0 bridgehead atoms. The first kappa shape index (κ1) is 14.8. The van der Waals surface area contributed by atoms with E-state index in [1.165, 1.54) is 0 Å². The van der Waals surface area contributed by atoms with E-state index >= 15 is 0 Å². The smallest absolute Gasteiger partial charge is 0.223 e. The minimum atomic E-state index is 0.282. The van der Waals surface area contributed by atoms with E-state index in [1.54, 1.807) is 0 Å². The van der Waals surface area contributed by atoms with Crippen LogP contribution in [-0.4, -0.2) is 60.3 Å². The summed E-state index contributed by atoms with van der Waals surface area (Å²) in [5.74, 6) is 1.79. The average Bonchev–Trinajstić information content (AvgIpc) is 2.39. The molecule has 1 aliphatic heterocycles. The zero-order valence-corrected chi connectivity index (χ0v) is 12.2. The quantitative estimate of drug-likeness (QED) is 0.704. The van der Waals surface area contributed by atoms with E-state index in [-0.39, 0.29) is 12.0 Å². The molecule has 1 fully saturated rings. The lowest BCUT2D eigenvalue weighted by atomic mass is 10.3. The second kappa shape index (κ2) is 7.25. The van der Waals surface area contributed by atoms with Gasteiger partial charge in [0.15, 0.2) is 0 Å². The van der Waals surface area contributed by atoms with E-state index in [0.29, 0.717) is 0 Å². The van der Waals surface area contributed by atoms with Gasteiger partial charge in [-0.25, -0.2) is 0 Å². The second-order valence-corrected chi connectivity index (χ2v) is 4.99. The van der Waals surface area contributed by atoms with E-state index in [4.69, 9.17) is 10.5 Å². The first-order valence-electron chi connectivity index (χ1n) is 7.12. The predicted molar refractivity (Wildman–Crippen MR) is 81.0 cm³/mol. The number of aromatic nitrogens is 2. The van der Waals surface area contributed by atoms with Crippen molar-refractivity contribution < 1.29 is 4.74 Å². The third-order valence-corrected chi connectivity index (χ3v) is 3.13. The lowest BCUT2D eigenvalue weighted by Crippen LogP contribution is -2.42. The normalized spacial score (nSPS) is 17.7. The first-order chi connectivity index (χ1) is 9.67. The summed E-state index contributed by atoms with van der Waals surface area (Å²) in [6, 6.07) is 2.17. The van der Waals surface area contributed by atoms with Crippen molar-refractivity contribution in [3.8, 4) is 0 Å². The summed E-state index contributed by atoms with van der Waals surface area (Å²) >= 11 is 0. The van der Waals surface area contributed by atoms with Crippen LogP contribution in [-0.2, 0) is 4.74 Å². The van der Waals surface area contributed by atoms with Crippen molar-refractivity contribution in [1.82, 2.24) is 14.9 Å². The van der Waals surface area contributed by atoms with E-state index in [9.17, 15) is 0 Å². The Balaban J connectivity index is 1.90. The number of hydrogen-bond acceptors (Lipinski definition) is 7. The van der Waals surface area contributed by atoms with Gasteiger partial charge < -0.3 is 21.1 Å². The van der Waals surface area contributed by atoms with Crippen LogP contribution in [0.3, 0.4) is 0 Å². The topological polar surface area (TPSA) is 88.3 Å². The molecule has 2 heterocycles. The highest BCUT2D eigenvalue weighted by molar-refractivity contribution is 5.51. The largest absolute Gasteiger partial charge is 0.379 e. The van der Waals surface area contributed by atoms with E-state index in [0.717, 1.165) is 51.0 Å². The molecule has 1 unspecified atom stereocenters. The first-order valence-corrected chi connectivity index (χ1v) is 7.12. The molecule has 1 aliphatic rings. The minimum absolute atomic E-state index is 0.282. The SMILES string of the molecule is CCNc1cc(NC(C)CN2CCOCC2)nc(N)n1. The van der Waals surface area contributed by atoms with E-state index in [2.05, 4.69) is 32.4 Å². The number of nitrogens with zero attached hydrogens (tertiary/aromatic N) is 3. The number of anilines is 3. The highest BCUT2D eigenvalue weighted by Crippen LogP contribution is 2.13. The molecule has 1 saturated heterocycles. The molecule has 0 radical (unpaired) electrons. The van der Waals surface area contributed by atoms with Gasteiger partial charge in [0, 0.05) is 38.3 Å². The molecule has 1 atom stereocenters. The Morgan fingerprint density at radius 1 is 1.35 bits per heavy atom. The predicted octanol–water partition coefficient (Wildman–Crippen LogP) is 0.623. The summed E-state index contributed by atoms with van der Waals surface area (Å²) in [7, 11) is 0. The van der Waals surface area contributed by atoms with Gasteiger partial charge in [0.25, 0.3) is 0 Å². The van der Waals surface area contributed by atoms with Crippen LogP contribution in [0.5, 0.6) is 0 Å². The summed E-state index contributed by atoms with van der Waals surface area (Å²) in [5.41, 5.74) is 5.72. The molecule has 112 valence electrons. The van der Waals surface area contributed by atoms with Crippen molar-refractivity contribution in [1.29, 1.82) is 0 Å². The van der Waals surface area contributed by atoms with E-state index < -0.39 is 0 Å². The fourth-order valence-electron chi connectivity index (χ4n) is 2.28. The monoisotopic (exact) mass is 280 g/mol. The summed E-state index contributed by atoms with van der Waals surface area (Å²) in [4.78, 5) is 10.7. The molecule has 7 nitrogen and oxygen atoms in total. The maximum Gasteiger partial charge on any atom is 0.223 e. The fraction of sp³-hybridized carbons (Fsp3) is 0.692. The Morgan fingerprint density at radius 3 is 2.75 bits per heavy atom. The highest BCUT2D eigenvalue weighted by Gasteiger charge is 2.14. The molecule has 20 heavy (non-hydrogen) atoms. The van der Waals surface area contributed by atoms with E-state index in [1.807, 2.05) is 13.0 Å². The van der Waals surface area contributed by atoms with Crippen molar-refractivity contribution in [2.24, 2.45) is 0 Å². The molecule has 1 aromatic rings. The number of nitrogens with two attached hydrogens (primary N) is 1. The van der Waals surface area contributed by atoms with Crippen LogP contribution in [0, 0.1) is 0 Å². The molecular formula is C13H24N6O.